The quantitative estimate of drug-likeness (QED) is 0.640. The van der Waals surface area contributed by atoms with Crippen LogP contribution in [0.5, 0.6) is 0 Å². The van der Waals surface area contributed by atoms with Crippen LogP contribution in [-0.2, 0) is 22.4 Å². The fourth-order valence-electron chi connectivity index (χ4n) is 2.54. The van der Waals surface area contributed by atoms with Crippen molar-refractivity contribution < 1.29 is 18.4 Å². The zero-order chi connectivity index (χ0) is 20.8. The molecule has 0 bridgehead atoms. The Morgan fingerprint density at radius 2 is 1.62 bits per heavy atom. The summed E-state index contributed by atoms with van der Waals surface area (Å²) in [5.41, 5.74) is 1.15. The molecule has 0 saturated heterocycles. The van der Waals surface area contributed by atoms with Crippen molar-refractivity contribution >= 4 is 34.8 Å². The lowest BCUT2D eigenvalue weighted by molar-refractivity contribution is -0.116. The van der Waals surface area contributed by atoms with E-state index in [9.17, 15) is 18.4 Å². The lowest BCUT2D eigenvalue weighted by atomic mass is 10.1. The second kappa shape index (κ2) is 9.20. The van der Waals surface area contributed by atoms with Crippen LogP contribution < -0.4 is 10.6 Å². The minimum Gasteiger partial charge on any atom is -0.326 e. The van der Waals surface area contributed by atoms with Crippen molar-refractivity contribution in [3.8, 4) is 0 Å². The van der Waals surface area contributed by atoms with Gasteiger partial charge in [-0.2, -0.15) is 10.2 Å². The van der Waals surface area contributed by atoms with Gasteiger partial charge < -0.3 is 10.6 Å². The molecule has 2 N–H and O–H groups in total. The molecule has 0 spiro atoms. The van der Waals surface area contributed by atoms with Crippen molar-refractivity contribution in [1.29, 1.82) is 0 Å². The van der Waals surface area contributed by atoms with Crippen LogP contribution in [0, 0.1) is 11.6 Å². The van der Waals surface area contributed by atoms with Crippen LogP contribution >= 0.6 is 11.6 Å². The molecule has 3 aromatic rings. The number of hydrogen-bond acceptors (Lipinski definition) is 4. The molecule has 0 aliphatic rings. The summed E-state index contributed by atoms with van der Waals surface area (Å²) in [4.78, 5) is 24.3. The Morgan fingerprint density at radius 1 is 0.931 bits per heavy atom. The maximum absolute atomic E-state index is 13.8. The number of rotatable bonds is 6. The van der Waals surface area contributed by atoms with E-state index < -0.39 is 17.5 Å². The van der Waals surface area contributed by atoms with E-state index in [0.717, 1.165) is 0 Å². The van der Waals surface area contributed by atoms with Crippen molar-refractivity contribution in [3.05, 3.63) is 82.6 Å². The number of nitrogens with one attached hydrogen (secondary N) is 2. The van der Waals surface area contributed by atoms with Crippen LogP contribution in [0.15, 0.2) is 54.7 Å². The topological polar surface area (TPSA) is 84.0 Å². The van der Waals surface area contributed by atoms with E-state index in [1.807, 2.05) is 0 Å². The summed E-state index contributed by atoms with van der Waals surface area (Å²) >= 11 is 5.93. The normalized spacial score (nSPS) is 10.4. The van der Waals surface area contributed by atoms with E-state index in [2.05, 4.69) is 20.8 Å². The summed E-state index contributed by atoms with van der Waals surface area (Å²) in [6, 6.07) is 11.0. The van der Waals surface area contributed by atoms with Crippen molar-refractivity contribution in [1.82, 2.24) is 10.2 Å². The van der Waals surface area contributed by atoms with Gasteiger partial charge in [0, 0.05) is 16.3 Å². The maximum atomic E-state index is 13.8. The third kappa shape index (κ3) is 5.79. The fourth-order valence-corrected chi connectivity index (χ4v) is 2.77. The van der Waals surface area contributed by atoms with E-state index >= 15 is 0 Å². The van der Waals surface area contributed by atoms with Crippen molar-refractivity contribution in [2.75, 3.05) is 10.6 Å². The van der Waals surface area contributed by atoms with Crippen LogP contribution in [0.2, 0.25) is 5.02 Å². The largest absolute Gasteiger partial charge is 0.326 e. The van der Waals surface area contributed by atoms with Gasteiger partial charge in [-0.05, 0) is 42.5 Å². The summed E-state index contributed by atoms with van der Waals surface area (Å²) in [6.07, 6.45) is 0.948. The molecule has 0 atom stereocenters. The van der Waals surface area contributed by atoms with Gasteiger partial charge in [0.05, 0.1) is 30.4 Å². The number of halogens is 3. The Kier molecular flexibility index (Phi) is 6.46. The number of amides is 2. The average molecular weight is 417 g/mol. The highest BCUT2D eigenvalue weighted by molar-refractivity contribution is 6.31. The highest BCUT2D eigenvalue weighted by Crippen LogP contribution is 2.20. The molecule has 1 heterocycles. The van der Waals surface area contributed by atoms with Crippen LogP contribution in [0.4, 0.5) is 20.2 Å². The maximum Gasteiger partial charge on any atom is 0.230 e. The molecule has 0 saturated carbocycles. The average Bonchev–Trinajstić information content (AvgIpc) is 2.67. The summed E-state index contributed by atoms with van der Waals surface area (Å²) < 4.78 is 26.7. The molecular formula is C20H15ClF2N4O2. The first-order chi connectivity index (χ1) is 13.9. The van der Waals surface area contributed by atoms with E-state index in [0.29, 0.717) is 17.1 Å². The minimum atomic E-state index is -0.571. The summed E-state index contributed by atoms with van der Waals surface area (Å²) in [5.74, 6) is -1.85. The number of aromatic nitrogens is 2. The van der Waals surface area contributed by atoms with Gasteiger partial charge in [0.2, 0.25) is 11.8 Å². The van der Waals surface area contributed by atoms with E-state index in [1.165, 1.54) is 54.7 Å². The molecule has 2 amide bonds. The first-order valence-electron chi connectivity index (χ1n) is 8.50. The number of carbonyl (C=O) groups excluding carboxylic acids is 2. The van der Waals surface area contributed by atoms with Gasteiger partial charge in [0.1, 0.15) is 11.6 Å². The number of hydrogen-bond donors (Lipinski definition) is 2. The third-order valence-electron chi connectivity index (χ3n) is 3.86. The Balaban J connectivity index is 1.61. The highest BCUT2D eigenvalue weighted by Gasteiger charge is 2.13. The van der Waals surface area contributed by atoms with Crippen molar-refractivity contribution in [2.24, 2.45) is 0 Å². The second-order valence-corrected chi connectivity index (χ2v) is 6.50. The molecule has 0 unspecified atom stereocenters. The van der Waals surface area contributed by atoms with Gasteiger partial charge in [0.15, 0.2) is 0 Å². The molecule has 0 aliphatic carbocycles. The zero-order valence-electron chi connectivity index (χ0n) is 15.0. The summed E-state index contributed by atoms with van der Waals surface area (Å²) in [7, 11) is 0. The van der Waals surface area contributed by atoms with Gasteiger partial charge in [-0.3, -0.25) is 9.59 Å². The van der Waals surface area contributed by atoms with E-state index in [4.69, 9.17) is 11.6 Å². The number of nitrogens with zero attached hydrogens (tertiary/aromatic N) is 2. The first kappa shape index (κ1) is 20.3. The van der Waals surface area contributed by atoms with Crippen LogP contribution in [0.25, 0.3) is 0 Å². The molecule has 3 rings (SSSR count). The molecule has 29 heavy (non-hydrogen) atoms. The Labute approximate surface area is 169 Å². The van der Waals surface area contributed by atoms with E-state index in [-0.39, 0.29) is 29.3 Å². The lowest BCUT2D eigenvalue weighted by Gasteiger charge is -2.08. The number of carbonyl (C=O) groups is 2. The van der Waals surface area contributed by atoms with Gasteiger partial charge in [0.25, 0.3) is 0 Å². The Hall–Kier alpha value is -3.39. The van der Waals surface area contributed by atoms with Gasteiger partial charge in [-0.25, -0.2) is 8.78 Å². The highest BCUT2D eigenvalue weighted by atomic mass is 35.5. The van der Waals surface area contributed by atoms with Crippen LogP contribution in [0.1, 0.15) is 11.3 Å². The standard InChI is InChI=1S/C20H15ClF2N4O2/c21-17-2-1-3-18(23)16(17)10-20(29)26-15-8-14(27-24-11-15)9-19(28)25-13-6-4-12(22)5-7-13/h1-8,11H,9-10H2,(H,25,28)(H,26,27,29). The molecule has 1 aromatic heterocycles. The lowest BCUT2D eigenvalue weighted by Crippen LogP contribution is -2.18. The summed E-state index contributed by atoms with van der Waals surface area (Å²) in [6.45, 7) is 0. The molecular weight excluding hydrogens is 402 g/mol. The minimum absolute atomic E-state index is 0.0904. The second-order valence-electron chi connectivity index (χ2n) is 6.09. The SMILES string of the molecule is O=C(Cc1cc(NC(=O)Cc2c(F)cccc2Cl)cnn1)Nc1ccc(F)cc1. The third-order valence-corrected chi connectivity index (χ3v) is 4.21. The van der Waals surface area contributed by atoms with Gasteiger partial charge in [-0.1, -0.05) is 17.7 Å². The fraction of sp³-hybridized carbons (Fsp3) is 0.100. The van der Waals surface area contributed by atoms with Gasteiger partial charge >= 0.3 is 0 Å². The molecule has 148 valence electrons. The molecule has 9 heteroatoms. The molecule has 6 nitrogen and oxygen atoms in total. The Bertz CT molecular complexity index is 1020. The van der Waals surface area contributed by atoms with Gasteiger partial charge in [-0.15, -0.1) is 0 Å². The predicted octanol–water partition coefficient (Wildman–Crippen LogP) is 3.77. The smallest absolute Gasteiger partial charge is 0.230 e. The number of benzene rings is 2. The Morgan fingerprint density at radius 3 is 2.34 bits per heavy atom. The van der Waals surface area contributed by atoms with Crippen LogP contribution in [-0.4, -0.2) is 22.0 Å². The van der Waals surface area contributed by atoms with Crippen LogP contribution in [0.3, 0.4) is 0 Å². The number of anilines is 2. The van der Waals surface area contributed by atoms with E-state index in [1.54, 1.807) is 0 Å². The molecule has 0 radical (unpaired) electrons. The first-order valence-corrected chi connectivity index (χ1v) is 8.88. The van der Waals surface area contributed by atoms with Crippen molar-refractivity contribution in [3.63, 3.8) is 0 Å². The molecule has 0 aliphatic heterocycles. The zero-order valence-corrected chi connectivity index (χ0v) is 15.7. The van der Waals surface area contributed by atoms with Crippen molar-refractivity contribution in [2.45, 2.75) is 12.8 Å². The molecule has 0 fully saturated rings. The predicted molar refractivity (Wildman–Crippen MR) is 105 cm³/mol. The summed E-state index contributed by atoms with van der Waals surface area (Å²) in [5, 5.41) is 12.9. The molecule has 2 aromatic carbocycles. The monoisotopic (exact) mass is 416 g/mol.